The van der Waals surface area contributed by atoms with Gasteiger partial charge in [0.05, 0.1) is 18.2 Å². The smallest absolute Gasteiger partial charge is 0.226 e. The first-order chi connectivity index (χ1) is 12.7. The first kappa shape index (κ1) is 19.4. The van der Waals surface area contributed by atoms with Crippen LogP contribution in [0.4, 0.5) is 0 Å². The lowest BCUT2D eigenvalue weighted by atomic mass is 9.83. The second-order valence-corrected chi connectivity index (χ2v) is 7.93. The predicted octanol–water partition coefficient (Wildman–Crippen LogP) is 5.54. The molecule has 0 aromatic heterocycles. The van der Waals surface area contributed by atoms with Crippen LogP contribution in [0.5, 0.6) is 0 Å². The van der Waals surface area contributed by atoms with Gasteiger partial charge in [0.2, 0.25) is 5.91 Å². The van der Waals surface area contributed by atoms with Crippen molar-refractivity contribution in [3.05, 3.63) is 47.5 Å². The molecule has 0 radical (unpaired) electrons. The Bertz CT molecular complexity index is 609. The standard InChI is InChI=1S/C22H30ClNO2/c1-3-7-17-11-14-20(16-9-12-18(23)13-10-16)24(22(17)25)19(4-2)21-8-5-6-15-26-21/h3,9-10,12-13,17,19-21H,1,4-8,11,14-15H2,2H3/t17-,19?,20?,21?/m0/s1. The lowest BCUT2D eigenvalue weighted by Gasteiger charge is -2.47. The fraction of sp³-hybridized carbons (Fsp3) is 0.591. The van der Waals surface area contributed by atoms with Crippen LogP contribution in [-0.2, 0) is 9.53 Å². The van der Waals surface area contributed by atoms with E-state index in [1.54, 1.807) is 0 Å². The molecule has 1 amide bonds. The summed E-state index contributed by atoms with van der Waals surface area (Å²) in [5, 5.41) is 0.731. The zero-order valence-electron chi connectivity index (χ0n) is 15.7. The van der Waals surface area contributed by atoms with Gasteiger partial charge in [0.25, 0.3) is 0 Å². The van der Waals surface area contributed by atoms with Gasteiger partial charge in [0, 0.05) is 17.5 Å². The normalized spacial score (nSPS) is 28.0. The zero-order valence-corrected chi connectivity index (χ0v) is 16.5. The highest BCUT2D eigenvalue weighted by molar-refractivity contribution is 6.30. The van der Waals surface area contributed by atoms with Crippen molar-refractivity contribution in [1.82, 2.24) is 4.90 Å². The molecule has 2 aliphatic rings. The second-order valence-electron chi connectivity index (χ2n) is 7.49. The molecular weight excluding hydrogens is 346 g/mol. The maximum absolute atomic E-state index is 13.4. The summed E-state index contributed by atoms with van der Waals surface area (Å²) in [6.07, 6.45) is 8.95. The van der Waals surface area contributed by atoms with Crippen LogP contribution in [0.2, 0.25) is 5.02 Å². The summed E-state index contributed by atoms with van der Waals surface area (Å²) in [5.41, 5.74) is 1.18. The number of piperidine rings is 1. The predicted molar refractivity (Wildman–Crippen MR) is 106 cm³/mol. The Labute approximate surface area is 162 Å². The molecule has 26 heavy (non-hydrogen) atoms. The highest BCUT2D eigenvalue weighted by Gasteiger charge is 2.41. The van der Waals surface area contributed by atoms with Crippen molar-refractivity contribution in [2.75, 3.05) is 6.61 Å². The van der Waals surface area contributed by atoms with Gasteiger partial charge in [-0.1, -0.05) is 36.7 Å². The molecule has 1 aromatic carbocycles. The van der Waals surface area contributed by atoms with Gasteiger partial charge in [-0.3, -0.25) is 4.79 Å². The molecule has 4 atom stereocenters. The summed E-state index contributed by atoms with van der Waals surface area (Å²) in [6.45, 7) is 6.83. The van der Waals surface area contributed by atoms with Gasteiger partial charge in [-0.05, 0) is 62.6 Å². The van der Waals surface area contributed by atoms with Crippen molar-refractivity contribution < 1.29 is 9.53 Å². The quantitative estimate of drug-likeness (QED) is 0.610. The van der Waals surface area contributed by atoms with E-state index in [1.807, 2.05) is 18.2 Å². The summed E-state index contributed by atoms with van der Waals surface area (Å²) >= 11 is 6.08. The third-order valence-electron chi connectivity index (χ3n) is 5.85. The first-order valence-corrected chi connectivity index (χ1v) is 10.3. The molecule has 4 heteroatoms. The van der Waals surface area contributed by atoms with E-state index in [4.69, 9.17) is 16.3 Å². The number of hydrogen-bond acceptors (Lipinski definition) is 2. The molecule has 3 rings (SSSR count). The van der Waals surface area contributed by atoms with Gasteiger partial charge < -0.3 is 9.64 Å². The molecule has 142 valence electrons. The topological polar surface area (TPSA) is 29.5 Å². The third kappa shape index (κ3) is 4.15. The van der Waals surface area contributed by atoms with Gasteiger partial charge in [-0.15, -0.1) is 6.58 Å². The van der Waals surface area contributed by atoms with E-state index in [2.05, 4.69) is 30.5 Å². The molecule has 2 saturated heterocycles. The average Bonchev–Trinajstić information content (AvgIpc) is 2.67. The largest absolute Gasteiger partial charge is 0.376 e. The number of benzene rings is 1. The number of carbonyl (C=O) groups excluding carboxylic acids is 1. The molecule has 2 fully saturated rings. The fourth-order valence-electron chi connectivity index (χ4n) is 4.52. The molecular formula is C22H30ClNO2. The molecule has 0 N–H and O–H groups in total. The van der Waals surface area contributed by atoms with Crippen LogP contribution >= 0.6 is 11.6 Å². The van der Waals surface area contributed by atoms with E-state index >= 15 is 0 Å². The fourth-order valence-corrected chi connectivity index (χ4v) is 4.65. The molecule has 0 bridgehead atoms. The Morgan fingerprint density at radius 2 is 2.04 bits per heavy atom. The lowest BCUT2D eigenvalue weighted by Crippen LogP contribution is -2.54. The maximum atomic E-state index is 13.4. The Balaban J connectivity index is 1.91. The number of rotatable bonds is 6. The van der Waals surface area contributed by atoms with Crippen LogP contribution < -0.4 is 0 Å². The van der Waals surface area contributed by atoms with Gasteiger partial charge in [-0.2, -0.15) is 0 Å². The minimum Gasteiger partial charge on any atom is -0.376 e. The van der Waals surface area contributed by atoms with Crippen molar-refractivity contribution in [1.29, 1.82) is 0 Å². The van der Waals surface area contributed by atoms with E-state index in [-0.39, 0.29) is 30.0 Å². The van der Waals surface area contributed by atoms with E-state index in [9.17, 15) is 4.79 Å². The minimum atomic E-state index is 0.0497. The Hall–Kier alpha value is -1.32. The van der Waals surface area contributed by atoms with E-state index in [0.717, 1.165) is 50.2 Å². The summed E-state index contributed by atoms with van der Waals surface area (Å²) in [7, 11) is 0. The summed E-state index contributed by atoms with van der Waals surface area (Å²) < 4.78 is 6.10. The van der Waals surface area contributed by atoms with Gasteiger partial charge in [0.1, 0.15) is 0 Å². The molecule has 3 unspecified atom stereocenters. The molecule has 0 saturated carbocycles. The SMILES string of the molecule is C=CC[C@H]1CCC(c2ccc(Cl)cc2)N(C(CC)C2CCCCO2)C1=O. The van der Waals surface area contributed by atoms with E-state index in [1.165, 1.54) is 12.0 Å². The van der Waals surface area contributed by atoms with Crippen molar-refractivity contribution in [2.24, 2.45) is 5.92 Å². The van der Waals surface area contributed by atoms with Crippen LogP contribution in [0.1, 0.15) is 63.5 Å². The molecule has 3 nitrogen and oxygen atoms in total. The van der Waals surface area contributed by atoms with Crippen molar-refractivity contribution in [2.45, 2.75) is 70.1 Å². The van der Waals surface area contributed by atoms with Gasteiger partial charge in [-0.25, -0.2) is 0 Å². The Morgan fingerprint density at radius 3 is 2.65 bits per heavy atom. The number of allylic oxidation sites excluding steroid dienone is 1. The number of ether oxygens (including phenoxy) is 1. The highest BCUT2D eigenvalue weighted by Crippen LogP contribution is 2.39. The Kier molecular flexibility index (Phi) is 6.77. The number of nitrogens with zero attached hydrogens (tertiary/aromatic N) is 1. The highest BCUT2D eigenvalue weighted by atomic mass is 35.5. The first-order valence-electron chi connectivity index (χ1n) is 9.95. The zero-order chi connectivity index (χ0) is 18.5. The van der Waals surface area contributed by atoms with Gasteiger partial charge in [0.15, 0.2) is 0 Å². The van der Waals surface area contributed by atoms with Crippen molar-refractivity contribution >= 4 is 17.5 Å². The van der Waals surface area contributed by atoms with Crippen LogP contribution in [-0.4, -0.2) is 29.6 Å². The molecule has 2 aliphatic heterocycles. The summed E-state index contributed by atoms with van der Waals surface area (Å²) in [4.78, 5) is 15.6. The number of hydrogen-bond donors (Lipinski definition) is 0. The number of carbonyl (C=O) groups is 1. The van der Waals surface area contributed by atoms with E-state index < -0.39 is 0 Å². The molecule has 0 aliphatic carbocycles. The number of likely N-dealkylation sites (tertiary alicyclic amines) is 1. The molecule has 1 aromatic rings. The van der Waals surface area contributed by atoms with Crippen molar-refractivity contribution in [3.63, 3.8) is 0 Å². The minimum absolute atomic E-state index is 0.0497. The van der Waals surface area contributed by atoms with E-state index in [0.29, 0.717) is 0 Å². The summed E-state index contributed by atoms with van der Waals surface area (Å²) in [5.74, 6) is 0.311. The maximum Gasteiger partial charge on any atom is 0.226 e. The average molecular weight is 376 g/mol. The summed E-state index contributed by atoms with van der Waals surface area (Å²) in [6, 6.07) is 8.22. The van der Waals surface area contributed by atoms with Crippen LogP contribution in [0, 0.1) is 5.92 Å². The van der Waals surface area contributed by atoms with Crippen molar-refractivity contribution in [3.8, 4) is 0 Å². The van der Waals surface area contributed by atoms with Crippen LogP contribution in [0.25, 0.3) is 0 Å². The number of amides is 1. The van der Waals surface area contributed by atoms with Crippen LogP contribution in [0.15, 0.2) is 36.9 Å². The van der Waals surface area contributed by atoms with Crippen LogP contribution in [0.3, 0.4) is 0 Å². The molecule has 0 spiro atoms. The third-order valence-corrected chi connectivity index (χ3v) is 6.11. The van der Waals surface area contributed by atoms with Gasteiger partial charge >= 0.3 is 0 Å². The monoisotopic (exact) mass is 375 g/mol. The Morgan fingerprint density at radius 1 is 1.27 bits per heavy atom. The number of halogens is 1. The molecule has 2 heterocycles. The second kappa shape index (κ2) is 9.05. The lowest BCUT2D eigenvalue weighted by molar-refractivity contribution is -0.152.